The summed E-state index contributed by atoms with van der Waals surface area (Å²) in [7, 11) is -6.29. The van der Waals surface area contributed by atoms with Crippen LogP contribution in [0.25, 0.3) is 0 Å². The third kappa shape index (κ3) is 14.3. The Balaban J connectivity index is 1.22. The smallest absolute Gasteiger partial charge is 0.264 e. The standard InChI is InChI=1S/C56H69N9O11SSi/c1-35-20-27-40(28-21-35)77(74,75)63-55(57)58-30-12-18-43-48(67)51(70)62-44(33-36-14-8-7-9-15-36)49(68)60-38(32-37-22-25-39(26-23-37)76-78(5,6)56(2,3)4)24-29-47(66)59-34-46(54(73)64-31-13-19-45(64)50(69)61-43)65-52(71)41-16-10-11-17-42(41)53(65)72/h7-11,14-17,20-29,38,43-46,48,67H,12-13,18-19,30-34H2,1-6H3,(H,59,66)(H,60,68)(H,61,69)(H,62,70)(H3,57,58,63)/b29-24+/t38-,43+,44-,45+,46+,48?/m1/s1. The number of rotatable bonds is 13. The SMILES string of the molecule is Cc1ccc(S(=O)(=O)NC(N)=NCCC[C@@H]2NC(=O)[C@@H]3CCCN3C(=O)[C@@H](N3C(=O)c4ccccc4C3=O)CNC(=O)/C=C/[C@H](Cc3ccc(O[Si](C)(C)C(C)(C)C)cc3)NC(=O)[C@@H](Cc3ccccc3)NC(=O)C2O)cc1. The Labute approximate surface area is 455 Å². The van der Waals surface area contributed by atoms with Crippen LogP contribution in [0.4, 0.5) is 0 Å². The molecule has 7 rings (SSSR count). The van der Waals surface area contributed by atoms with E-state index in [4.69, 9.17) is 10.2 Å². The van der Waals surface area contributed by atoms with Gasteiger partial charge in [-0.2, -0.15) is 0 Å². The van der Waals surface area contributed by atoms with E-state index in [9.17, 15) is 47.1 Å². The van der Waals surface area contributed by atoms with Gasteiger partial charge in [0.15, 0.2) is 6.10 Å². The summed E-state index contributed by atoms with van der Waals surface area (Å²) >= 11 is 0. The number of hydrogen-bond donors (Lipinski definition) is 7. The van der Waals surface area contributed by atoms with Crippen molar-refractivity contribution >= 4 is 65.7 Å². The van der Waals surface area contributed by atoms with E-state index in [2.05, 4.69) is 64.8 Å². The van der Waals surface area contributed by atoms with Crippen LogP contribution in [-0.4, -0.2) is 135 Å². The van der Waals surface area contributed by atoms with Crippen LogP contribution < -0.4 is 36.1 Å². The first-order valence-corrected chi connectivity index (χ1v) is 30.4. The number of aliphatic hydroxyl groups excluding tert-OH is 1. The summed E-state index contributed by atoms with van der Waals surface area (Å²) in [5, 5.41) is 23.0. The largest absolute Gasteiger partial charge is 0.544 e. The number of guanidine groups is 1. The lowest BCUT2D eigenvalue weighted by Crippen LogP contribution is -2.60. The molecule has 4 aromatic rings. The van der Waals surface area contributed by atoms with Gasteiger partial charge in [0.2, 0.25) is 37.9 Å². The highest BCUT2D eigenvalue weighted by atomic mass is 32.2. The maximum Gasteiger partial charge on any atom is 0.264 e. The van der Waals surface area contributed by atoms with Gasteiger partial charge in [-0.1, -0.05) is 99.1 Å². The highest BCUT2D eigenvalue weighted by Gasteiger charge is 2.47. The van der Waals surface area contributed by atoms with E-state index in [0.717, 1.165) is 16.0 Å². The molecule has 6 atom stereocenters. The van der Waals surface area contributed by atoms with Gasteiger partial charge in [-0.05, 0) is 105 Å². The van der Waals surface area contributed by atoms with Crippen molar-refractivity contribution in [2.24, 2.45) is 10.7 Å². The summed E-state index contributed by atoms with van der Waals surface area (Å²) in [6.45, 7) is 11.8. The first kappa shape index (κ1) is 58.0. The second-order valence-corrected chi connectivity index (χ2v) is 27.7. The molecule has 0 saturated carbocycles. The molecule has 0 spiro atoms. The maximum atomic E-state index is 14.8. The molecule has 1 fully saturated rings. The van der Waals surface area contributed by atoms with Crippen molar-refractivity contribution in [1.82, 2.24) is 35.8 Å². The van der Waals surface area contributed by atoms with Crippen molar-refractivity contribution in [2.45, 2.75) is 126 Å². The Morgan fingerprint density at radius 2 is 1.42 bits per heavy atom. The summed E-state index contributed by atoms with van der Waals surface area (Å²) in [6.07, 6.45) is 1.04. The molecule has 22 heteroatoms. The number of aliphatic hydroxyl groups is 1. The van der Waals surface area contributed by atoms with Crippen LogP contribution in [0.1, 0.15) is 83.9 Å². The number of sulfonamides is 1. The Morgan fingerprint density at radius 3 is 2.06 bits per heavy atom. The topological polar surface area (TPSA) is 288 Å². The molecule has 0 aliphatic carbocycles. The Bertz CT molecular complexity index is 3020. The third-order valence-corrected chi connectivity index (χ3v) is 20.2. The average molecular weight is 1100 g/mol. The third-order valence-electron chi connectivity index (χ3n) is 14.5. The van der Waals surface area contributed by atoms with Crippen molar-refractivity contribution < 1.29 is 51.5 Å². The summed E-state index contributed by atoms with van der Waals surface area (Å²) in [6, 6.07) is 21.9. The van der Waals surface area contributed by atoms with Crippen LogP contribution in [-0.2, 0) is 46.8 Å². The van der Waals surface area contributed by atoms with Crippen molar-refractivity contribution in [3.8, 4) is 5.75 Å². The number of carbonyl (C=O) groups excluding carboxylic acids is 7. The molecule has 78 heavy (non-hydrogen) atoms. The number of carbonyl (C=O) groups is 7. The van der Waals surface area contributed by atoms with Crippen LogP contribution >= 0.6 is 0 Å². The second-order valence-electron chi connectivity index (χ2n) is 21.3. The van der Waals surface area contributed by atoms with E-state index in [1.54, 1.807) is 54.6 Å². The zero-order chi connectivity index (χ0) is 56.5. The van der Waals surface area contributed by atoms with E-state index >= 15 is 0 Å². The fourth-order valence-corrected chi connectivity index (χ4v) is 11.1. The minimum absolute atomic E-state index is 0.0185. The van der Waals surface area contributed by atoms with Crippen LogP contribution in [0.2, 0.25) is 18.1 Å². The lowest BCUT2D eigenvalue weighted by Gasteiger charge is -2.36. The molecule has 3 heterocycles. The van der Waals surface area contributed by atoms with Crippen molar-refractivity contribution in [1.29, 1.82) is 0 Å². The predicted octanol–water partition coefficient (Wildman–Crippen LogP) is 3.39. The zero-order valence-electron chi connectivity index (χ0n) is 44.7. The van der Waals surface area contributed by atoms with Gasteiger partial charge in [-0.25, -0.2) is 13.1 Å². The minimum atomic E-state index is -4.09. The highest BCUT2D eigenvalue weighted by Crippen LogP contribution is 2.37. The predicted molar refractivity (Wildman–Crippen MR) is 295 cm³/mol. The lowest BCUT2D eigenvalue weighted by molar-refractivity contribution is -0.143. The second kappa shape index (κ2) is 24.7. The molecule has 3 aliphatic rings. The molecule has 0 aromatic heterocycles. The molecular weight excluding hydrogens is 1030 g/mol. The first-order valence-electron chi connectivity index (χ1n) is 26.0. The quantitative estimate of drug-likeness (QED) is 0.0334. The molecule has 8 N–H and O–H groups in total. The molecule has 1 saturated heterocycles. The summed E-state index contributed by atoms with van der Waals surface area (Å²) in [4.78, 5) is 106. The summed E-state index contributed by atoms with van der Waals surface area (Å²) < 4.78 is 34.7. The number of hydrogen-bond acceptors (Lipinski definition) is 12. The minimum Gasteiger partial charge on any atom is -0.544 e. The van der Waals surface area contributed by atoms with E-state index in [-0.39, 0.29) is 66.3 Å². The monoisotopic (exact) mass is 1100 g/mol. The van der Waals surface area contributed by atoms with Crippen molar-refractivity contribution in [3.05, 3.63) is 143 Å². The van der Waals surface area contributed by atoms with Gasteiger partial charge in [-0.3, -0.25) is 43.5 Å². The van der Waals surface area contributed by atoms with Crippen LogP contribution in [0.15, 0.2) is 125 Å². The van der Waals surface area contributed by atoms with Gasteiger partial charge >= 0.3 is 0 Å². The van der Waals surface area contributed by atoms with Gasteiger partial charge < -0.3 is 41.4 Å². The van der Waals surface area contributed by atoms with Crippen molar-refractivity contribution in [2.75, 3.05) is 19.6 Å². The van der Waals surface area contributed by atoms with E-state index in [1.807, 2.05) is 31.2 Å². The number of imide groups is 1. The van der Waals surface area contributed by atoms with E-state index in [1.165, 1.54) is 41.3 Å². The number of fused-ring (bicyclic) bond motifs is 2. The molecule has 20 nitrogen and oxygen atoms in total. The number of aryl methyl sites for hydroxylation is 1. The van der Waals surface area contributed by atoms with Crippen molar-refractivity contribution in [3.63, 3.8) is 0 Å². The molecule has 414 valence electrons. The van der Waals surface area contributed by atoms with E-state index < -0.39 is 109 Å². The number of benzene rings is 4. The molecule has 1 unspecified atom stereocenters. The fourth-order valence-electron chi connectivity index (χ4n) is 9.12. The first-order chi connectivity index (χ1) is 36.9. The number of nitrogens with one attached hydrogen (secondary N) is 5. The van der Waals surface area contributed by atoms with Crippen LogP contribution in [0, 0.1) is 6.92 Å². The molecule has 4 aromatic carbocycles. The number of nitrogens with two attached hydrogens (primary N) is 1. The maximum absolute atomic E-state index is 14.8. The lowest BCUT2D eigenvalue weighted by atomic mass is 10.0. The molecule has 0 radical (unpaired) electrons. The van der Waals surface area contributed by atoms with E-state index in [0.29, 0.717) is 17.7 Å². The number of nitrogens with zero attached hydrogens (tertiary/aromatic N) is 3. The highest BCUT2D eigenvalue weighted by molar-refractivity contribution is 7.90. The number of aliphatic imine (C=N–C) groups is 1. The van der Waals surface area contributed by atoms with Crippen LogP contribution in [0.5, 0.6) is 5.75 Å². The van der Waals surface area contributed by atoms with Crippen LogP contribution in [0.3, 0.4) is 0 Å². The Morgan fingerprint density at radius 1 is 0.795 bits per heavy atom. The zero-order valence-corrected chi connectivity index (χ0v) is 46.5. The van der Waals surface area contributed by atoms with Gasteiger partial charge in [-0.15, -0.1) is 0 Å². The van der Waals surface area contributed by atoms with Gasteiger partial charge in [0.05, 0.1) is 28.1 Å². The Hall–Kier alpha value is -7.69. The summed E-state index contributed by atoms with van der Waals surface area (Å²) in [5.41, 5.74) is 8.36. The van der Waals surface area contributed by atoms with Gasteiger partial charge in [0.1, 0.15) is 23.9 Å². The molecular formula is C56H69N9O11SSi. The number of amides is 7. The van der Waals surface area contributed by atoms with Gasteiger partial charge in [0.25, 0.3) is 27.7 Å². The molecule has 3 aliphatic heterocycles. The molecule has 7 amide bonds. The normalized spacial score (nSPS) is 22.7. The average Bonchev–Trinajstić information content (AvgIpc) is 4.03. The van der Waals surface area contributed by atoms with Gasteiger partial charge in [0, 0.05) is 32.1 Å². The molecule has 0 bridgehead atoms. The summed E-state index contributed by atoms with van der Waals surface area (Å²) in [5.74, 6) is -5.34. The Kier molecular flexibility index (Phi) is 18.4. The fraction of sp³-hybridized carbons (Fsp3) is 0.393.